The molecule has 1 heterocycles. The largest absolute Gasteiger partial charge is 0.427 e. The summed E-state index contributed by atoms with van der Waals surface area (Å²) in [6, 6.07) is 16.7. The molecule has 0 aliphatic rings. The van der Waals surface area contributed by atoms with Crippen LogP contribution in [-0.2, 0) is 14.9 Å². The summed E-state index contributed by atoms with van der Waals surface area (Å²) in [6.45, 7) is 15.3. The molecule has 0 aliphatic carbocycles. The lowest BCUT2D eigenvalue weighted by Crippen LogP contribution is -2.49. The van der Waals surface area contributed by atoms with Gasteiger partial charge in [0.15, 0.2) is 6.10 Å². The number of hydrogen-bond acceptors (Lipinski definition) is 5. The van der Waals surface area contributed by atoms with Gasteiger partial charge in [-0.2, -0.15) is 5.10 Å². The van der Waals surface area contributed by atoms with E-state index in [-0.39, 0.29) is 5.41 Å². The second-order valence-electron chi connectivity index (χ2n) is 11.4. The zero-order valence-electron chi connectivity index (χ0n) is 22.6. The molecule has 0 saturated carbocycles. The fourth-order valence-corrected chi connectivity index (χ4v) is 3.30. The van der Waals surface area contributed by atoms with Crippen LogP contribution in [-0.4, -0.2) is 44.6 Å². The highest BCUT2D eigenvalue weighted by molar-refractivity contribution is 6.47. The Morgan fingerprint density at radius 3 is 2.11 bits per heavy atom. The van der Waals surface area contributed by atoms with Gasteiger partial charge in [0, 0.05) is 11.5 Å². The number of aromatic nitrogens is 2. The molecule has 0 radical (unpaired) electrons. The number of carbonyl (C=O) groups is 1. The number of carbonyl (C=O) groups excluding carboxylic acids is 1. The van der Waals surface area contributed by atoms with Crippen LogP contribution in [0.25, 0.3) is 5.69 Å². The van der Waals surface area contributed by atoms with Gasteiger partial charge in [-0.25, -0.2) is 4.68 Å². The Balaban J connectivity index is 1.76. The van der Waals surface area contributed by atoms with Crippen molar-refractivity contribution in [2.75, 3.05) is 5.32 Å². The van der Waals surface area contributed by atoms with Gasteiger partial charge in [0.1, 0.15) is 5.82 Å². The highest BCUT2D eigenvalue weighted by atomic mass is 16.5. The molecular weight excluding hydrogens is 453 g/mol. The van der Waals surface area contributed by atoms with E-state index >= 15 is 0 Å². The zero-order chi connectivity index (χ0) is 26.9. The second kappa shape index (κ2) is 10.2. The van der Waals surface area contributed by atoms with E-state index in [1.807, 2.05) is 51.1 Å². The number of nitrogens with one attached hydrogen (secondary N) is 1. The normalized spacial score (nSPS) is 13.4. The number of anilines is 1. The first-order valence-corrected chi connectivity index (χ1v) is 12.2. The Morgan fingerprint density at radius 1 is 1.00 bits per heavy atom. The Bertz CT molecular complexity index is 1190. The van der Waals surface area contributed by atoms with Crippen LogP contribution in [0.5, 0.6) is 0 Å². The molecule has 3 aromatic rings. The van der Waals surface area contributed by atoms with Gasteiger partial charge in [-0.05, 0) is 52.3 Å². The maximum absolute atomic E-state index is 13.0. The molecule has 7 nitrogen and oxygen atoms in total. The molecule has 1 atom stereocenters. The molecule has 192 valence electrons. The first-order chi connectivity index (χ1) is 16.6. The van der Waals surface area contributed by atoms with Crippen molar-refractivity contribution in [3.05, 3.63) is 71.4 Å². The maximum Gasteiger partial charge on any atom is 0.309 e. The van der Waals surface area contributed by atoms with Crippen LogP contribution in [0.4, 0.5) is 5.82 Å². The lowest BCUT2D eigenvalue weighted by atomic mass is 9.82. The molecule has 0 aliphatic heterocycles. The van der Waals surface area contributed by atoms with Crippen molar-refractivity contribution in [1.29, 1.82) is 0 Å². The average Bonchev–Trinajstić information content (AvgIpc) is 3.21. The van der Waals surface area contributed by atoms with Crippen LogP contribution >= 0.6 is 0 Å². The number of aliphatic hydroxyl groups is 2. The Kier molecular flexibility index (Phi) is 7.84. The molecule has 2 aromatic carbocycles. The molecule has 3 rings (SSSR count). The molecular formula is C28H38BN3O4. The number of aliphatic hydroxyl groups excluding tert-OH is 1. The van der Waals surface area contributed by atoms with Crippen molar-refractivity contribution in [1.82, 2.24) is 9.78 Å². The zero-order valence-corrected chi connectivity index (χ0v) is 22.6. The van der Waals surface area contributed by atoms with E-state index in [4.69, 9.17) is 9.75 Å². The highest BCUT2D eigenvalue weighted by Gasteiger charge is 2.35. The van der Waals surface area contributed by atoms with Gasteiger partial charge in [-0.1, -0.05) is 68.2 Å². The minimum Gasteiger partial charge on any atom is -0.427 e. The van der Waals surface area contributed by atoms with Gasteiger partial charge >= 0.3 is 7.48 Å². The molecule has 0 saturated heterocycles. The van der Waals surface area contributed by atoms with Crippen molar-refractivity contribution in [2.24, 2.45) is 0 Å². The van der Waals surface area contributed by atoms with Crippen LogP contribution in [0, 0.1) is 6.92 Å². The van der Waals surface area contributed by atoms with Gasteiger partial charge in [-0.3, -0.25) is 4.79 Å². The summed E-state index contributed by atoms with van der Waals surface area (Å²) in [7, 11) is 0.297. The summed E-state index contributed by atoms with van der Waals surface area (Å²) in [5.41, 5.74) is 2.15. The van der Waals surface area contributed by atoms with Crippen molar-refractivity contribution >= 4 is 24.7 Å². The second-order valence-corrected chi connectivity index (χ2v) is 11.4. The Labute approximate surface area is 214 Å². The van der Waals surface area contributed by atoms with Crippen molar-refractivity contribution in [3.8, 4) is 5.69 Å². The molecule has 8 heteroatoms. The third kappa shape index (κ3) is 6.43. The monoisotopic (exact) mass is 491 g/mol. The number of nitrogens with zero attached hydrogens (tertiary/aromatic N) is 2. The molecule has 1 aromatic heterocycles. The van der Waals surface area contributed by atoms with E-state index in [2.05, 4.69) is 26.1 Å². The number of amides is 1. The molecule has 0 bridgehead atoms. The minimum atomic E-state index is -1.35. The lowest BCUT2D eigenvalue weighted by molar-refractivity contribution is -0.124. The summed E-state index contributed by atoms with van der Waals surface area (Å²) in [5, 5.41) is 28.6. The summed E-state index contributed by atoms with van der Waals surface area (Å²) >= 11 is 0. The third-order valence-corrected chi connectivity index (χ3v) is 6.62. The topological polar surface area (TPSA) is 96.6 Å². The first kappa shape index (κ1) is 27.6. The van der Waals surface area contributed by atoms with E-state index in [0.29, 0.717) is 18.9 Å². The van der Waals surface area contributed by atoms with E-state index < -0.39 is 23.2 Å². The average molecular weight is 491 g/mol. The molecule has 0 fully saturated rings. The highest BCUT2D eigenvalue weighted by Crippen LogP contribution is 2.27. The number of rotatable bonds is 8. The Hall–Kier alpha value is -2.94. The standard InChI is InChI=1S/C28H38BN3O4/c1-18-9-15-21(16-10-18)32-23(17-22(31-32)26(2,3)4)30-25(34)24(33)19-11-13-20(14-12-19)29-36-28(7,8)27(5,6)35/h9-17,24,29,33,35H,1-8H3,(H,30,34). The molecule has 3 N–H and O–H groups in total. The van der Waals surface area contributed by atoms with Crippen LogP contribution in [0.1, 0.15) is 71.4 Å². The summed E-state index contributed by atoms with van der Waals surface area (Å²) in [4.78, 5) is 13.0. The SMILES string of the molecule is Cc1ccc(-n2nc(C(C)(C)C)cc2NC(=O)C(O)c2ccc(BOC(C)(C)C(C)(C)O)cc2)cc1. The van der Waals surface area contributed by atoms with Gasteiger partial charge in [-0.15, -0.1) is 0 Å². The van der Waals surface area contributed by atoms with Crippen LogP contribution in [0.15, 0.2) is 54.6 Å². The van der Waals surface area contributed by atoms with Crippen LogP contribution in [0.3, 0.4) is 0 Å². The summed E-state index contributed by atoms with van der Waals surface area (Å²) in [6.07, 6.45) is -1.35. The van der Waals surface area contributed by atoms with E-state index in [0.717, 1.165) is 22.4 Å². The van der Waals surface area contributed by atoms with E-state index in [1.54, 1.807) is 42.8 Å². The minimum absolute atomic E-state index is 0.217. The molecule has 1 unspecified atom stereocenters. The lowest BCUT2D eigenvalue weighted by Gasteiger charge is -2.37. The molecule has 1 amide bonds. The predicted molar refractivity (Wildman–Crippen MR) is 145 cm³/mol. The van der Waals surface area contributed by atoms with E-state index in [1.165, 1.54) is 0 Å². The predicted octanol–water partition coefficient (Wildman–Crippen LogP) is 3.69. The fraction of sp³-hybridized carbons (Fsp3) is 0.429. The van der Waals surface area contributed by atoms with Gasteiger partial charge in [0.25, 0.3) is 5.91 Å². The van der Waals surface area contributed by atoms with Gasteiger partial charge in [0.05, 0.1) is 22.6 Å². The van der Waals surface area contributed by atoms with Crippen molar-refractivity contribution in [3.63, 3.8) is 0 Å². The summed E-state index contributed by atoms with van der Waals surface area (Å²) < 4.78 is 7.59. The van der Waals surface area contributed by atoms with Gasteiger partial charge in [0.2, 0.25) is 0 Å². The van der Waals surface area contributed by atoms with Gasteiger partial charge < -0.3 is 20.2 Å². The van der Waals surface area contributed by atoms with Crippen molar-refractivity contribution < 1.29 is 19.7 Å². The summed E-state index contributed by atoms with van der Waals surface area (Å²) in [5.74, 6) is -0.0532. The number of hydrogen-bond donors (Lipinski definition) is 3. The van der Waals surface area contributed by atoms with E-state index in [9.17, 15) is 15.0 Å². The maximum atomic E-state index is 13.0. The quantitative estimate of drug-likeness (QED) is 0.418. The Morgan fingerprint density at radius 2 is 1.58 bits per heavy atom. The molecule has 0 spiro atoms. The first-order valence-electron chi connectivity index (χ1n) is 12.2. The number of aryl methyl sites for hydroxylation is 1. The van der Waals surface area contributed by atoms with Crippen LogP contribution < -0.4 is 10.8 Å². The fourth-order valence-electron chi connectivity index (χ4n) is 3.30. The smallest absolute Gasteiger partial charge is 0.309 e. The third-order valence-electron chi connectivity index (χ3n) is 6.62. The van der Waals surface area contributed by atoms with Crippen LogP contribution in [0.2, 0.25) is 0 Å². The molecule has 36 heavy (non-hydrogen) atoms. The van der Waals surface area contributed by atoms with Crippen molar-refractivity contribution in [2.45, 2.75) is 78.1 Å². The number of benzene rings is 2.